The summed E-state index contributed by atoms with van der Waals surface area (Å²) < 4.78 is 26.4. The summed E-state index contributed by atoms with van der Waals surface area (Å²) in [6.45, 7) is 3.50. The Morgan fingerprint density at radius 3 is 2.56 bits per heavy atom. The molecule has 16 heavy (non-hydrogen) atoms. The van der Waals surface area contributed by atoms with Gasteiger partial charge in [0.2, 0.25) is 10.0 Å². The van der Waals surface area contributed by atoms with Gasteiger partial charge in [0.25, 0.3) is 0 Å². The Hall–Kier alpha value is -0.390. The van der Waals surface area contributed by atoms with E-state index in [1.807, 2.05) is 31.2 Å². The van der Waals surface area contributed by atoms with Gasteiger partial charge in [-0.2, -0.15) is 0 Å². The zero-order chi connectivity index (χ0) is 12.2. The van der Waals surface area contributed by atoms with Gasteiger partial charge in [0.1, 0.15) is 0 Å². The molecule has 0 fully saturated rings. The number of nitrogens with one attached hydrogen (secondary N) is 1. The molecule has 90 valence electrons. The molecule has 0 aliphatic heterocycles. The summed E-state index contributed by atoms with van der Waals surface area (Å²) in [6.07, 6.45) is 0.681. The molecule has 0 spiro atoms. The fourth-order valence-electron chi connectivity index (χ4n) is 1.43. The van der Waals surface area contributed by atoms with Crippen LogP contribution in [0.5, 0.6) is 0 Å². The Labute approximate surface area is 105 Å². The van der Waals surface area contributed by atoms with E-state index in [4.69, 9.17) is 0 Å². The molecule has 1 aromatic rings. The van der Waals surface area contributed by atoms with Gasteiger partial charge in [-0.15, -0.1) is 0 Å². The Morgan fingerprint density at radius 2 is 2.00 bits per heavy atom. The Bertz CT molecular complexity index is 445. The van der Waals surface area contributed by atoms with E-state index in [0.29, 0.717) is 6.42 Å². The predicted octanol–water partition coefficient (Wildman–Crippen LogP) is 2.32. The molecule has 0 radical (unpaired) electrons. The maximum Gasteiger partial charge on any atom is 0.211 e. The lowest BCUT2D eigenvalue weighted by molar-refractivity contribution is 0.561. The summed E-state index contributed by atoms with van der Waals surface area (Å²) in [5.74, 6) is 0.118. The quantitative estimate of drug-likeness (QED) is 0.907. The van der Waals surface area contributed by atoms with Crippen LogP contribution in [0.15, 0.2) is 28.7 Å². The zero-order valence-corrected chi connectivity index (χ0v) is 11.8. The number of hydrogen-bond acceptors (Lipinski definition) is 2. The van der Waals surface area contributed by atoms with E-state index in [2.05, 4.69) is 20.7 Å². The van der Waals surface area contributed by atoms with Gasteiger partial charge in [-0.25, -0.2) is 13.1 Å². The molecule has 0 heterocycles. The van der Waals surface area contributed by atoms with Crippen molar-refractivity contribution in [3.05, 3.63) is 34.3 Å². The van der Waals surface area contributed by atoms with Gasteiger partial charge in [-0.1, -0.05) is 34.1 Å². The van der Waals surface area contributed by atoms with Crippen LogP contribution < -0.4 is 4.72 Å². The molecule has 0 aliphatic carbocycles. The number of benzene rings is 1. The Morgan fingerprint density at radius 1 is 1.38 bits per heavy atom. The smallest absolute Gasteiger partial charge is 0.211 e. The lowest BCUT2D eigenvalue weighted by atomic mass is 10.1. The van der Waals surface area contributed by atoms with E-state index >= 15 is 0 Å². The standard InChI is InChI=1S/C11H16BrNO2S/c1-3-16(14,15)13-9(2)8-10-6-4-5-7-11(10)12/h4-7,9,13H,3,8H2,1-2H3. The normalized spacial score (nSPS) is 13.7. The summed E-state index contributed by atoms with van der Waals surface area (Å²) in [7, 11) is -3.12. The zero-order valence-electron chi connectivity index (χ0n) is 9.40. The van der Waals surface area contributed by atoms with Crippen molar-refractivity contribution in [2.24, 2.45) is 0 Å². The molecule has 1 rings (SSSR count). The molecule has 0 bridgehead atoms. The number of hydrogen-bond donors (Lipinski definition) is 1. The molecule has 0 saturated carbocycles. The van der Waals surface area contributed by atoms with Gasteiger partial charge in [0.15, 0.2) is 0 Å². The molecule has 0 aliphatic rings. The first-order valence-corrected chi connectivity index (χ1v) is 7.62. The molecule has 0 aromatic heterocycles. The molecule has 1 aromatic carbocycles. The predicted molar refractivity (Wildman–Crippen MR) is 69.9 cm³/mol. The third kappa shape index (κ3) is 4.23. The second-order valence-corrected chi connectivity index (χ2v) is 6.61. The molecule has 3 nitrogen and oxygen atoms in total. The summed E-state index contributed by atoms with van der Waals surface area (Å²) in [6, 6.07) is 7.73. The topological polar surface area (TPSA) is 46.2 Å². The van der Waals surface area contributed by atoms with Gasteiger partial charge < -0.3 is 0 Å². The summed E-state index contributed by atoms with van der Waals surface area (Å²) in [5, 5.41) is 0. The first-order chi connectivity index (χ1) is 7.44. The second kappa shape index (κ2) is 5.80. The van der Waals surface area contributed by atoms with Crippen molar-refractivity contribution in [2.75, 3.05) is 5.75 Å². The molecule has 0 saturated heterocycles. The number of sulfonamides is 1. The van der Waals surface area contributed by atoms with E-state index in [1.165, 1.54) is 0 Å². The average molecular weight is 306 g/mol. The third-order valence-corrected chi connectivity index (χ3v) is 4.54. The molecular formula is C11H16BrNO2S. The molecule has 1 unspecified atom stereocenters. The minimum atomic E-state index is -3.12. The largest absolute Gasteiger partial charge is 0.212 e. The van der Waals surface area contributed by atoms with Crippen molar-refractivity contribution >= 4 is 26.0 Å². The van der Waals surface area contributed by atoms with Crippen LogP contribution in [-0.4, -0.2) is 20.2 Å². The van der Waals surface area contributed by atoms with Gasteiger partial charge in [0, 0.05) is 10.5 Å². The van der Waals surface area contributed by atoms with E-state index in [1.54, 1.807) is 6.92 Å². The highest BCUT2D eigenvalue weighted by Crippen LogP contribution is 2.17. The monoisotopic (exact) mass is 305 g/mol. The highest BCUT2D eigenvalue weighted by Gasteiger charge is 2.13. The fraction of sp³-hybridized carbons (Fsp3) is 0.455. The Balaban J connectivity index is 2.66. The lowest BCUT2D eigenvalue weighted by Crippen LogP contribution is -2.35. The first kappa shape index (κ1) is 13.7. The third-order valence-electron chi connectivity index (χ3n) is 2.24. The van der Waals surface area contributed by atoms with Crippen LogP contribution in [0.3, 0.4) is 0 Å². The average Bonchev–Trinajstić information content (AvgIpc) is 2.21. The van der Waals surface area contributed by atoms with Gasteiger partial charge in [-0.3, -0.25) is 0 Å². The second-order valence-electron chi connectivity index (χ2n) is 3.72. The van der Waals surface area contributed by atoms with Crippen LogP contribution in [0, 0.1) is 0 Å². The van der Waals surface area contributed by atoms with Crippen molar-refractivity contribution in [2.45, 2.75) is 26.3 Å². The van der Waals surface area contributed by atoms with Crippen LogP contribution in [-0.2, 0) is 16.4 Å². The maximum absolute atomic E-state index is 11.4. The summed E-state index contributed by atoms with van der Waals surface area (Å²) in [4.78, 5) is 0. The highest BCUT2D eigenvalue weighted by molar-refractivity contribution is 9.10. The van der Waals surface area contributed by atoms with Crippen LogP contribution in [0.1, 0.15) is 19.4 Å². The van der Waals surface area contributed by atoms with Crippen LogP contribution >= 0.6 is 15.9 Å². The van der Waals surface area contributed by atoms with Crippen LogP contribution in [0.2, 0.25) is 0 Å². The Kier molecular flexibility index (Phi) is 4.95. The SMILES string of the molecule is CCS(=O)(=O)NC(C)Cc1ccccc1Br. The van der Waals surface area contributed by atoms with Crippen molar-refractivity contribution in [3.63, 3.8) is 0 Å². The van der Waals surface area contributed by atoms with Gasteiger partial charge in [0.05, 0.1) is 5.75 Å². The van der Waals surface area contributed by atoms with Crippen molar-refractivity contribution < 1.29 is 8.42 Å². The highest BCUT2D eigenvalue weighted by atomic mass is 79.9. The summed E-state index contributed by atoms with van der Waals surface area (Å²) >= 11 is 3.44. The van der Waals surface area contributed by atoms with E-state index in [0.717, 1.165) is 10.0 Å². The van der Waals surface area contributed by atoms with Crippen LogP contribution in [0.4, 0.5) is 0 Å². The number of rotatable bonds is 5. The van der Waals surface area contributed by atoms with E-state index < -0.39 is 10.0 Å². The van der Waals surface area contributed by atoms with Crippen LogP contribution in [0.25, 0.3) is 0 Å². The molecule has 0 amide bonds. The van der Waals surface area contributed by atoms with Crippen molar-refractivity contribution in [3.8, 4) is 0 Å². The van der Waals surface area contributed by atoms with E-state index in [9.17, 15) is 8.42 Å². The van der Waals surface area contributed by atoms with E-state index in [-0.39, 0.29) is 11.8 Å². The van der Waals surface area contributed by atoms with Crippen molar-refractivity contribution in [1.82, 2.24) is 4.72 Å². The molecular weight excluding hydrogens is 290 g/mol. The van der Waals surface area contributed by atoms with Gasteiger partial charge >= 0.3 is 0 Å². The molecule has 1 N–H and O–H groups in total. The minimum Gasteiger partial charge on any atom is -0.212 e. The first-order valence-electron chi connectivity index (χ1n) is 5.18. The molecule has 5 heteroatoms. The molecule has 1 atom stereocenters. The summed E-state index contributed by atoms with van der Waals surface area (Å²) in [5.41, 5.74) is 1.11. The van der Waals surface area contributed by atoms with Gasteiger partial charge in [-0.05, 0) is 31.9 Å². The maximum atomic E-state index is 11.4. The number of halogens is 1. The minimum absolute atomic E-state index is 0.0938. The van der Waals surface area contributed by atoms with Crippen molar-refractivity contribution in [1.29, 1.82) is 0 Å². The fourth-order valence-corrected chi connectivity index (χ4v) is 2.74. The lowest BCUT2D eigenvalue weighted by Gasteiger charge is -2.14.